The van der Waals surface area contributed by atoms with E-state index in [-0.39, 0.29) is 11.7 Å². The van der Waals surface area contributed by atoms with Crippen molar-refractivity contribution in [2.24, 2.45) is 0 Å². The molecule has 0 aromatic heterocycles. The van der Waals surface area contributed by atoms with Gasteiger partial charge in [-0.2, -0.15) is 0 Å². The van der Waals surface area contributed by atoms with Gasteiger partial charge in [-0.1, -0.05) is 29.8 Å². The predicted molar refractivity (Wildman–Crippen MR) is 73.8 cm³/mol. The van der Waals surface area contributed by atoms with Crippen LogP contribution in [0.15, 0.2) is 42.5 Å². The maximum absolute atomic E-state index is 13.4. The van der Waals surface area contributed by atoms with E-state index >= 15 is 0 Å². The van der Waals surface area contributed by atoms with Gasteiger partial charge in [-0.3, -0.25) is 4.79 Å². The van der Waals surface area contributed by atoms with Gasteiger partial charge in [-0.25, -0.2) is 4.39 Å². The number of benzene rings is 2. The maximum atomic E-state index is 13.4. The summed E-state index contributed by atoms with van der Waals surface area (Å²) in [6, 6.07) is 11.6. The molecule has 2 aromatic carbocycles. The fourth-order valence-corrected chi connectivity index (χ4v) is 1.88. The molecule has 2 aromatic rings. The molecule has 0 atom stereocenters. The van der Waals surface area contributed by atoms with Gasteiger partial charge < -0.3 is 5.32 Å². The third-order valence-electron chi connectivity index (χ3n) is 2.78. The molecule has 2 nitrogen and oxygen atoms in total. The van der Waals surface area contributed by atoms with Crippen LogP contribution in [0.4, 0.5) is 4.39 Å². The number of hydrogen-bond donors (Lipinski definition) is 1. The largest absolute Gasteiger partial charge is 0.348 e. The van der Waals surface area contributed by atoms with Gasteiger partial charge in [-0.15, -0.1) is 0 Å². The molecule has 0 unspecified atom stereocenters. The van der Waals surface area contributed by atoms with Crippen molar-refractivity contribution in [3.8, 4) is 0 Å². The van der Waals surface area contributed by atoms with Crippen LogP contribution in [0, 0.1) is 12.7 Å². The zero-order chi connectivity index (χ0) is 13.8. The maximum Gasteiger partial charge on any atom is 0.251 e. The predicted octanol–water partition coefficient (Wildman–Crippen LogP) is 3.72. The first-order chi connectivity index (χ1) is 9.06. The van der Waals surface area contributed by atoms with Crippen LogP contribution in [0.2, 0.25) is 5.02 Å². The molecule has 0 aliphatic heterocycles. The van der Waals surface area contributed by atoms with Crippen LogP contribution in [0.5, 0.6) is 0 Å². The van der Waals surface area contributed by atoms with Gasteiger partial charge in [0, 0.05) is 17.1 Å². The number of carbonyl (C=O) groups excluding carboxylic acids is 1. The zero-order valence-electron chi connectivity index (χ0n) is 10.4. The van der Waals surface area contributed by atoms with Crippen LogP contribution >= 0.6 is 11.6 Å². The number of rotatable bonds is 3. The molecule has 98 valence electrons. The SMILES string of the molecule is Cc1ccc(C(=O)NCc2cccc(Cl)c2)cc1F. The van der Waals surface area contributed by atoms with Gasteiger partial charge in [0.2, 0.25) is 0 Å². The van der Waals surface area contributed by atoms with Crippen molar-refractivity contribution < 1.29 is 9.18 Å². The van der Waals surface area contributed by atoms with Crippen LogP contribution in [-0.2, 0) is 6.54 Å². The van der Waals surface area contributed by atoms with Gasteiger partial charge in [0.05, 0.1) is 0 Å². The average Bonchev–Trinajstić information content (AvgIpc) is 2.39. The van der Waals surface area contributed by atoms with Crippen molar-refractivity contribution in [3.05, 3.63) is 70.0 Å². The molecule has 0 bridgehead atoms. The van der Waals surface area contributed by atoms with Gasteiger partial charge in [-0.05, 0) is 42.3 Å². The van der Waals surface area contributed by atoms with E-state index in [1.807, 2.05) is 12.1 Å². The highest BCUT2D eigenvalue weighted by Crippen LogP contribution is 2.11. The Morgan fingerprint density at radius 1 is 1.26 bits per heavy atom. The van der Waals surface area contributed by atoms with E-state index in [0.29, 0.717) is 22.7 Å². The molecule has 0 saturated heterocycles. The highest BCUT2D eigenvalue weighted by molar-refractivity contribution is 6.30. The second-order valence-electron chi connectivity index (χ2n) is 4.28. The van der Waals surface area contributed by atoms with Crippen LogP contribution < -0.4 is 5.32 Å². The molecule has 4 heteroatoms. The Bertz CT molecular complexity index is 613. The summed E-state index contributed by atoms with van der Waals surface area (Å²) in [5.74, 6) is -0.686. The van der Waals surface area contributed by atoms with E-state index in [1.54, 1.807) is 31.2 Å². The number of halogens is 2. The lowest BCUT2D eigenvalue weighted by molar-refractivity contribution is 0.0950. The van der Waals surface area contributed by atoms with E-state index in [9.17, 15) is 9.18 Å². The molecule has 19 heavy (non-hydrogen) atoms. The van der Waals surface area contributed by atoms with Gasteiger partial charge in [0.25, 0.3) is 5.91 Å². The fourth-order valence-electron chi connectivity index (χ4n) is 1.67. The lowest BCUT2D eigenvalue weighted by Gasteiger charge is -2.06. The molecule has 0 aliphatic carbocycles. The van der Waals surface area contributed by atoms with Gasteiger partial charge in [0.15, 0.2) is 0 Å². The third-order valence-corrected chi connectivity index (χ3v) is 3.01. The van der Waals surface area contributed by atoms with E-state index in [0.717, 1.165) is 5.56 Å². The molecule has 0 radical (unpaired) electrons. The first-order valence-electron chi connectivity index (χ1n) is 5.85. The van der Waals surface area contributed by atoms with E-state index in [4.69, 9.17) is 11.6 Å². The minimum atomic E-state index is -0.379. The molecule has 0 fully saturated rings. The van der Waals surface area contributed by atoms with Crippen molar-refractivity contribution in [2.75, 3.05) is 0 Å². The average molecular weight is 278 g/mol. The smallest absolute Gasteiger partial charge is 0.251 e. The number of hydrogen-bond acceptors (Lipinski definition) is 1. The summed E-state index contributed by atoms with van der Waals surface area (Å²) in [4.78, 5) is 11.9. The van der Waals surface area contributed by atoms with Gasteiger partial charge in [0.1, 0.15) is 5.82 Å². The van der Waals surface area contributed by atoms with Crippen molar-refractivity contribution >= 4 is 17.5 Å². The quantitative estimate of drug-likeness (QED) is 0.910. The summed E-state index contributed by atoms with van der Waals surface area (Å²) in [6.45, 7) is 2.01. The topological polar surface area (TPSA) is 29.1 Å². The van der Waals surface area contributed by atoms with Crippen molar-refractivity contribution in [2.45, 2.75) is 13.5 Å². The minimum absolute atomic E-state index is 0.307. The molecule has 0 aliphatic rings. The lowest BCUT2D eigenvalue weighted by Crippen LogP contribution is -2.22. The second kappa shape index (κ2) is 5.85. The fraction of sp³-hybridized carbons (Fsp3) is 0.133. The zero-order valence-corrected chi connectivity index (χ0v) is 11.2. The number of aryl methyl sites for hydroxylation is 1. The molecule has 0 saturated carbocycles. The van der Waals surface area contributed by atoms with Crippen LogP contribution in [0.3, 0.4) is 0 Å². The number of amides is 1. The van der Waals surface area contributed by atoms with Crippen molar-refractivity contribution in [1.82, 2.24) is 5.32 Å². The normalized spacial score (nSPS) is 10.3. The standard InChI is InChI=1S/C15H13ClFNO/c1-10-5-6-12(8-14(10)17)15(19)18-9-11-3-2-4-13(16)7-11/h2-8H,9H2,1H3,(H,18,19). The second-order valence-corrected chi connectivity index (χ2v) is 4.71. The molecule has 0 spiro atoms. The Morgan fingerprint density at radius 2 is 2.05 bits per heavy atom. The minimum Gasteiger partial charge on any atom is -0.348 e. The van der Waals surface area contributed by atoms with Gasteiger partial charge >= 0.3 is 0 Å². The Labute approximate surface area is 116 Å². The summed E-state index contributed by atoms with van der Waals surface area (Å²) in [7, 11) is 0. The molecule has 1 N–H and O–H groups in total. The summed E-state index contributed by atoms with van der Waals surface area (Å²) in [5, 5.41) is 3.34. The van der Waals surface area contributed by atoms with Crippen LogP contribution in [-0.4, -0.2) is 5.91 Å². The Balaban J connectivity index is 2.03. The van der Waals surface area contributed by atoms with Crippen LogP contribution in [0.1, 0.15) is 21.5 Å². The van der Waals surface area contributed by atoms with E-state index in [1.165, 1.54) is 6.07 Å². The van der Waals surface area contributed by atoms with E-state index in [2.05, 4.69) is 5.32 Å². The molecular weight excluding hydrogens is 265 g/mol. The third kappa shape index (κ3) is 3.55. The summed E-state index contributed by atoms with van der Waals surface area (Å²) in [5.41, 5.74) is 1.73. The monoisotopic (exact) mass is 277 g/mol. The summed E-state index contributed by atoms with van der Waals surface area (Å²) < 4.78 is 13.4. The van der Waals surface area contributed by atoms with Crippen molar-refractivity contribution in [3.63, 3.8) is 0 Å². The Morgan fingerprint density at radius 3 is 2.74 bits per heavy atom. The first kappa shape index (κ1) is 13.6. The van der Waals surface area contributed by atoms with Crippen LogP contribution in [0.25, 0.3) is 0 Å². The molecular formula is C15H13ClFNO. The Kier molecular flexibility index (Phi) is 4.17. The highest BCUT2D eigenvalue weighted by Gasteiger charge is 2.07. The highest BCUT2D eigenvalue weighted by atomic mass is 35.5. The summed E-state index contributed by atoms with van der Waals surface area (Å²) >= 11 is 5.85. The van der Waals surface area contributed by atoms with Crippen molar-refractivity contribution in [1.29, 1.82) is 0 Å². The Hall–Kier alpha value is -1.87. The first-order valence-corrected chi connectivity index (χ1v) is 6.23. The molecule has 0 heterocycles. The molecule has 2 rings (SSSR count). The van der Waals surface area contributed by atoms with E-state index < -0.39 is 0 Å². The molecule has 1 amide bonds. The summed E-state index contributed by atoms with van der Waals surface area (Å²) in [6.07, 6.45) is 0. The number of nitrogens with one attached hydrogen (secondary N) is 1. The lowest BCUT2D eigenvalue weighted by atomic mass is 10.1. The number of carbonyl (C=O) groups is 1.